The van der Waals surface area contributed by atoms with Crippen molar-refractivity contribution >= 4 is 29.3 Å². The number of hydrogen-bond acceptors (Lipinski definition) is 6. The molecule has 1 N–H and O–H groups in total. The lowest BCUT2D eigenvalue weighted by Crippen LogP contribution is -2.22. The number of nitriles is 1. The van der Waals surface area contributed by atoms with Gasteiger partial charge in [-0.1, -0.05) is 25.3 Å². The summed E-state index contributed by atoms with van der Waals surface area (Å²) in [6.45, 7) is 5.00. The molecule has 1 amide bonds. The zero-order valence-electron chi connectivity index (χ0n) is 19.6. The number of nitrogens with zero attached hydrogens (tertiary/aromatic N) is 3. The third kappa shape index (κ3) is 5.70. The number of nitro groups is 1. The van der Waals surface area contributed by atoms with Gasteiger partial charge in [-0.15, -0.1) is 0 Å². The molecule has 1 aliphatic carbocycles. The first kappa shape index (κ1) is 24.7. The maximum absolute atomic E-state index is 12.5. The second-order valence-electron chi connectivity index (χ2n) is 8.56. The molecule has 1 aromatic heterocycles. The van der Waals surface area contributed by atoms with Gasteiger partial charge in [0, 0.05) is 23.5 Å². The molecular formula is C25H28N4O5. The summed E-state index contributed by atoms with van der Waals surface area (Å²) in [5.41, 5.74) is 3.00. The minimum Gasteiger partial charge on any atom is -0.451 e. The number of amides is 1. The van der Waals surface area contributed by atoms with Crippen molar-refractivity contribution in [1.29, 1.82) is 5.26 Å². The van der Waals surface area contributed by atoms with Crippen molar-refractivity contribution in [2.45, 2.75) is 58.9 Å². The number of aromatic nitrogens is 1. The van der Waals surface area contributed by atoms with Crippen LogP contribution in [0.25, 0.3) is 6.08 Å². The molecule has 0 spiro atoms. The van der Waals surface area contributed by atoms with Crippen molar-refractivity contribution in [2.75, 3.05) is 11.9 Å². The predicted molar refractivity (Wildman–Crippen MR) is 127 cm³/mol. The first-order valence-corrected chi connectivity index (χ1v) is 11.2. The van der Waals surface area contributed by atoms with E-state index in [0.29, 0.717) is 11.6 Å². The van der Waals surface area contributed by atoms with Gasteiger partial charge in [-0.2, -0.15) is 5.26 Å². The van der Waals surface area contributed by atoms with Gasteiger partial charge < -0.3 is 14.6 Å². The second kappa shape index (κ2) is 10.8. The second-order valence-corrected chi connectivity index (χ2v) is 8.56. The van der Waals surface area contributed by atoms with E-state index in [-0.39, 0.29) is 16.9 Å². The highest BCUT2D eigenvalue weighted by Crippen LogP contribution is 2.32. The number of rotatable bonds is 7. The van der Waals surface area contributed by atoms with Gasteiger partial charge in [0.25, 0.3) is 11.6 Å². The number of benzene rings is 1. The minimum atomic E-state index is -0.932. The SMILES string of the molecule is Cc1ccc(NC(=O)COC(=O)C(C#N)=Cc2cc(C)n(C3CCCCC3)c2C)c([N+](=O)[O-])c1. The van der Waals surface area contributed by atoms with E-state index in [4.69, 9.17) is 4.74 Å². The molecule has 0 radical (unpaired) electrons. The van der Waals surface area contributed by atoms with Gasteiger partial charge in [0.05, 0.1) is 4.92 Å². The molecule has 0 saturated heterocycles. The molecule has 1 saturated carbocycles. The number of carbonyl (C=O) groups is 2. The van der Waals surface area contributed by atoms with Gasteiger partial charge in [0.2, 0.25) is 0 Å². The zero-order valence-corrected chi connectivity index (χ0v) is 19.6. The minimum absolute atomic E-state index is 0.00264. The van der Waals surface area contributed by atoms with Crippen LogP contribution in [0.15, 0.2) is 29.8 Å². The number of aryl methyl sites for hydroxylation is 2. The van der Waals surface area contributed by atoms with Gasteiger partial charge in [-0.25, -0.2) is 4.79 Å². The quantitative estimate of drug-likeness (QED) is 0.204. The lowest BCUT2D eigenvalue weighted by Gasteiger charge is -2.26. The molecule has 9 nitrogen and oxygen atoms in total. The molecule has 178 valence electrons. The summed E-state index contributed by atoms with van der Waals surface area (Å²) in [5, 5.41) is 23.1. The molecule has 1 aromatic carbocycles. The van der Waals surface area contributed by atoms with E-state index in [9.17, 15) is 25.0 Å². The molecule has 0 atom stereocenters. The van der Waals surface area contributed by atoms with E-state index in [1.54, 1.807) is 13.0 Å². The highest BCUT2D eigenvalue weighted by atomic mass is 16.6. The lowest BCUT2D eigenvalue weighted by molar-refractivity contribution is -0.384. The number of anilines is 1. The Kier molecular flexibility index (Phi) is 7.84. The Morgan fingerprint density at radius 2 is 1.94 bits per heavy atom. The molecule has 0 unspecified atom stereocenters. The number of nitrogens with one attached hydrogen (secondary N) is 1. The molecular weight excluding hydrogens is 436 g/mol. The fourth-order valence-corrected chi connectivity index (χ4v) is 4.44. The van der Waals surface area contributed by atoms with Crippen LogP contribution >= 0.6 is 0 Å². The number of hydrogen-bond donors (Lipinski definition) is 1. The molecule has 9 heteroatoms. The van der Waals surface area contributed by atoms with Crippen LogP contribution in [0, 0.1) is 42.2 Å². The maximum Gasteiger partial charge on any atom is 0.349 e. The highest BCUT2D eigenvalue weighted by molar-refractivity contribution is 6.00. The summed E-state index contributed by atoms with van der Waals surface area (Å²) in [5.74, 6) is -1.67. The number of esters is 1. The molecule has 1 aliphatic rings. The summed E-state index contributed by atoms with van der Waals surface area (Å²) in [4.78, 5) is 35.3. The number of carbonyl (C=O) groups excluding carboxylic acids is 2. The number of nitro benzene ring substituents is 1. The Morgan fingerprint density at radius 1 is 1.24 bits per heavy atom. The molecule has 1 fully saturated rings. The Labute approximate surface area is 198 Å². The maximum atomic E-state index is 12.5. The average Bonchev–Trinajstić information content (AvgIpc) is 3.09. The van der Waals surface area contributed by atoms with E-state index >= 15 is 0 Å². The van der Waals surface area contributed by atoms with Crippen LogP contribution in [-0.4, -0.2) is 28.0 Å². The topological polar surface area (TPSA) is 127 Å². The summed E-state index contributed by atoms with van der Waals surface area (Å²) in [7, 11) is 0. The van der Waals surface area contributed by atoms with Crippen molar-refractivity contribution in [3.05, 3.63) is 62.5 Å². The van der Waals surface area contributed by atoms with Gasteiger partial charge in [0.15, 0.2) is 6.61 Å². The number of ether oxygens (including phenoxy) is 1. The Balaban J connectivity index is 1.68. The fourth-order valence-electron chi connectivity index (χ4n) is 4.44. The van der Waals surface area contributed by atoms with E-state index in [0.717, 1.165) is 29.8 Å². The molecule has 0 bridgehead atoms. The smallest absolute Gasteiger partial charge is 0.349 e. The monoisotopic (exact) mass is 464 g/mol. The molecule has 2 aromatic rings. The van der Waals surface area contributed by atoms with E-state index in [1.165, 1.54) is 37.5 Å². The van der Waals surface area contributed by atoms with Gasteiger partial charge in [-0.3, -0.25) is 14.9 Å². The third-order valence-corrected chi connectivity index (χ3v) is 6.06. The summed E-state index contributed by atoms with van der Waals surface area (Å²) in [6, 6.07) is 8.58. The standard InChI is InChI=1S/C25H28N4O5/c1-16-9-10-22(23(11-16)29(32)33)27-24(30)15-34-25(31)20(14-26)13-19-12-17(2)28(18(19)3)21-7-5-4-6-8-21/h9-13,21H,4-8,15H2,1-3H3,(H,27,30). The van der Waals surface area contributed by atoms with Crippen LogP contribution in [0.3, 0.4) is 0 Å². The van der Waals surface area contributed by atoms with E-state index < -0.39 is 23.4 Å². The third-order valence-electron chi connectivity index (χ3n) is 6.06. The molecule has 0 aliphatic heterocycles. The van der Waals surface area contributed by atoms with Gasteiger partial charge >= 0.3 is 5.97 Å². The van der Waals surface area contributed by atoms with Crippen molar-refractivity contribution in [3.8, 4) is 6.07 Å². The van der Waals surface area contributed by atoms with Crippen LogP contribution < -0.4 is 5.32 Å². The van der Waals surface area contributed by atoms with Crippen LogP contribution in [0.2, 0.25) is 0 Å². The van der Waals surface area contributed by atoms with Crippen molar-refractivity contribution in [3.63, 3.8) is 0 Å². The first-order chi connectivity index (χ1) is 16.2. The Morgan fingerprint density at radius 3 is 2.59 bits per heavy atom. The van der Waals surface area contributed by atoms with Crippen molar-refractivity contribution in [1.82, 2.24) is 4.57 Å². The van der Waals surface area contributed by atoms with E-state index in [2.05, 4.69) is 9.88 Å². The predicted octanol–water partition coefficient (Wildman–Crippen LogP) is 4.92. The Hall–Kier alpha value is -3.93. The summed E-state index contributed by atoms with van der Waals surface area (Å²) in [6.07, 6.45) is 7.33. The Bertz CT molecular complexity index is 1180. The van der Waals surface area contributed by atoms with Gasteiger partial charge in [-0.05, 0) is 62.9 Å². The normalized spacial score (nSPS) is 14.4. The van der Waals surface area contributed by atoms with E-state index in [1.807, 2.05) is 26.0 Å². The van der Waals surface area contributed by atoms with Crippen LogP contribution in [0.4, 0.5) is 11.4 Å². The van der Waals surface area contributed by atoms with Crippen molar-refractivity contribution < 1.29 is 19.2 Å². The molecule has 1 heterocycles. The van der Waals surface area contributed by atoms with Crippen LogP contribution in [-0.2, 0) is 14.3 Å². The molecule has 3 rings (SSSR count). The first-order valence-electron chi connectivity index (χ1n) is 11.2. The van der Waals surface area contributed by atoms with Crippen molar-refractivity contribution in [2.24, 2.45) is 0 Å². The fraction of sp³-hybridized carbons (Fsp3) is 0.400. The lowest BCUT2D eigenvalue weighted by atomic mass is 9.95. The van der Waals surface area contributed by atoms with Gasteiger partial charge in [0.1, 0.15) is 17.3 Å². The highest BCUT2D eigenvalue weighted by Gasteiger charge is 2.21. The zero-order chi connectivity index (χ0) is 24.8. The summed E-state index contributed by atoms with van der Waals surface area (Å²) >= 11 is 0. The molecule has 34 heavy (non-hydrogen) atoms. The average molecular weight is 465 g/mol. The summed E-state index contributed by atoms with van der Waals surface area (Å²) < 4.78 is 7.27. The van der Waals surface area contributed by atoms with Crippen LogP contribution in [0.1, 0.15) is 60.7 Å². The van der Waals surface area contributed by atoms with Crippen LogP contribution in [0.5, 0.6) is 0 Å². The largest absolute Gasteiger partial charge is 0.451 e.